The molecule has 11 heteroatoms. The van der Waals surface area contributed by atoms with E-state index < -0.39 is 32.5 Å². The van der Waals surface area contributed by atoms with Gasteiger partial charge in [-0.2, -0.15) is 0 Å². The molecule has 3 unspecified atom stereocenters. The van der Waals surface area contributed by atoms with E-state index in [1.807, 2.05) is 21.1 Å². The summed E-state index contributed by atoms with van der Waals surface area (Å²) >= 11 is 0. The number of hydrogen-bond donors (Lipinski definition) is 0. The number of allylic oxidation sites excluding steroid dienone is 8. The van der Waals surface area contributed by atoms with Crippen LogP contribution in [-0.2, 0) is 37.4 Å². The second-order valence-corrected chi connectivity index (χ2v) is 18.9. The second-order valence-electron chi connectivity index (χ2n) is 17.5. The lowest BCUT2D eigenvalue weighted by molar-refractivity contribution is -0.870. The number of rotatable bonds is 42. The SMILES string of the molecule is CCCCC/C=C\C/C=C\CCCCCCCCCCCC(=O)O[C@H](COC(=O)CCC/C=C\CC1OC1C/C=C\C/C=C\CCCCC)COP(=O)([O-])OCC[N+](C)(C)C. The minimum absolute atomic E-state index is 0.0453. The molecule has 0 aliphatic carbocycles. The van der Waals surface area contributed by atoms with Gasteiger partial charge in [-0.1, -0.05) is 145 Å². The third-order valence-corrected chi connectivity index (χ3v) is 11.4. The van der Waals surface area contributed by atoms with Gasteiger partial charge in [-0.3, -0.25) is 14.2 Å². The number of quaternary nitrogens is 1. The minimum Gasteiger partial charge on any atom is -0.756 e. The molecule has 10 nitrogen and oxygen atoms in total. The summed E-state index contributed by atoms with van der Waals surface area (Å²) in [6, 6.07) is 0. The van der Waals surface area contributed by atoms with Crippen LogP contribution >= 0.6 is 7.82 Å². The largest absolute Gasteiger partial charge is 0.756 e. The molecular formula is C50H88NO9P. The lowest BCUT2D eigenvalue weighted by atomic mass is 10.1. The maximum atomic E-state index is 12.7. The summed E-state index contributed by atoms with van der Waals surface area (Å²) in [6.45, 7) is 4.09. The van der Waals surface area contributed by atoms with Crippen molar-refractivity contribution >= 4 is 19.8 Å². The second kappa shape index (κ2) is 38.2. The van der Waals surface area contributed by atoms with Crippen LogP contribution in [0.25, 0.3) is 0 Å². The first kappa shape index (κ1) is 56.7. The first-order chi connectivity index (χ1) is 29.5. The Bertz CT molecular complexity index is 1290. The Labute approximate surface area is 372 Å². The van der Waals surface area contributed by atoms with E-state index >= 15 is 0 Å². The van der Waals surface area contributed by atoms with Crippen molar-refractivity contribution in [2.75, 3.05) is 47.5 Å². The van der Waals surface area contributed by atoms with Gasteiger partial charge in [0.25, 0.3) is 7.82 Å². The molecule has 1 aliphatic heterocycles. The lowest BCUT2D eigenvalue weighted by Gasteiger charge is -2.28. The van der Waals surface area contributed by atoms with Crippen LogP contribution < -0.4 is 4.89 Å². The van der Waals surface area contributed by atoms with E-state index in [0.29, 0.717) is 23.9 Å². The monoisotopic (exact) mass is 878 g/mol. The van der Waals surface area contributed by atoms with Crippen molar-refractivity contribution in [3.8, 4) is 0 Å². The molecule has 61 heavy (non-hydrogen) atoms. The van der Waals surface area contributed by atoms with Gasteiger partial charge in [0, 0.05) is 12.8 Å². The van der Waals surface area contributed by atoms with Gasteiger partial charge in [0.05, 0.1) is 40.0 Å². The summed E-state index contributed by atoms with van der Waals surface area (Å²) in [5, 5.41) is 0. The number of likely N-dealkylation sites (N-methyl/N-ethyl adjacent to an activating group) is 1. The third kappa shape index (κ3) is 39.0. The number of carbonyl (C=O) groups excluding carboxylic acids is 2. The lowest BCUT2D eigenvalue weighted by Crippen LogP contribution is -2.37. The van der Waals surface area contributed by atoms with Crippen molar-refractivity contribution in [1.82, 2.24) is 0 Å². The summed E-state index contributed by atoms with van der Waals surface area (Å²) in [4.78, 5) is 37.7. The number of epoxide rings is 1. The fourth-order valence-electron chi connectivity index (χ4n) is 6.48. The Morgan fingerprint density at radius 1 is 0.590 bits per heavy atom. The zero-order chi connectivity index (χ0) is 44.7. The van der Waals surface area contributed by atoms with Gasteiger partial charge >= 0.3 is 11.9 Å². The highest BCUT2D eigenvalue weighted by atomic mass is 31.2. The van der Waals surface area contributed by atoms with Crippen LogP contribution in [0.1, 0.15) is 181 Å². The molecule has 1 fully saturated rings. The van der Waals surface area contributed by atoms with Crippen LogP contribution in [0, 0.1) is 0 Å². The molecule has 0 amide bonds. The summed E-state index contributed by atoms with van der Waals surface area (Å²) in [5.41, 5.74) is 0. The molecule has 0 aromatic heterocycles. The molecule has 1 aliphatic rings. The van der Waals surface area contributed by atoms with Gasteiger partial charge in [0.1, 0.15) is 19.8 Å². The smallest absolute Gasteiger partial charge is 0.306 e. The Balaban J connectivity index is 2.29. The fraction of sp³-hybridized carbons (Fsp3) is 0.760. The van der Waals surface area contributed by atoms with Gasteiger partial charge in [0.2, 0.25) is 0 Å². The topological polar surface area (TPSA) is 124 Å². The van der Waals surface area contributed by atoms with Crippen molar-refractivity contribution in [2.24, 2.45) is 0 Å². The van der Waals surface area contributed by atoms with Crippen molar-refractivity contribution in [3.63, 3.8) is 0 Å². The molecule has 0 radical (unpaired) electrons. The molecule has 0 aromatic carbocycles. The van der Waals surface area contributed by atoms with Gasteiger partial charge in [-0.05, 0) is 83.5 Å². The maximum Gasteiger partial charge on any atom is 0.306 e. The molecule has 352 valence electrons. The molecule has 0 saturated carbocycles. The summed E-state index contributed by atoms with van der Waals surface area (Å²) in [6.07, 6.45) is 48.4. The highest BCUT2D eigenvalue weighted by Gasteiger charge is 2.36. The molecule has 1 heterocycles. The van der Waals surface area contributed by atoms with E-state index in [-0.39, 0.29) is 38.3 Å². The number of ether oxygens (including phenoxy) is 3. The fourth-order valence-corrected chi connectivity index (χ4v) is 7.21. The normalized spacial score (nSPS) is 17.3. The molecule has 0 spiro atoms. The minimum atomic E-state index is -4.65. The first-order valence-corrected chi connectivity index (χ1v) is 25.6. The van der Waals surface area contributed by atoms with Crippen LogP contribution in [0.2, 0.25) is 0 Å². The zero-order valence-corrected chi connectivity index (χ0v) is 40.2. The van der Waals surface area contributed by atoms with E-state index in [1.54, 1.807) is 0 Å². The molecule has 0 bridgehead atoms. The molecule has 0 aromatic rings. The van der Waals surface area contributed by atoms with E-state index in [0.717, 1.165) is 64.2 Å². The highest BCUT2D eigenvalue weighted by Crippen LogP contribution is 2.38. The van der Waals surface area contributed by atoms with E-state index in [2.05, 4.69) is 74.6 Å². The average molecular weight is 878 g/mol. The van der Waals surface area contributed by atoms with Crippen molar-refractivity contribution in [2.45, 2.75) is 199 Å². The summed E-state index contributed by atoms with van der Waals surface area (Å²) < 4.78 is 39.7. The Hall–Kier alpha value is -2.33. The van der Waals surface area contributed by atoms with Crippen molar-refractivity contribution < 1.29 is 46.8 Å². The predicted octanol–water partition coefficient (Wildman–Crippen LogP) is 12.4. The van der Waals surface area contributed by atoms with Crippen LogP contribution in [0.15, 0.2) is 60.8 Å². The number of hydrogen-bond acceptors (Lipinski definition) is 9. The molecule has 4 atom stereocenters. The Morgan fingerprint density at radius 2 is 1.05 bits per heavy atom. The molecule has 0 N–H and O–H groups in total. The number of phosphoric ester groups is 1. The Kier molecular flexibility index (Phi) is 35.5. The molecule has 1 rings (SSSR count). The van der Waals surface area contributed by atoms with Crippen molar-refractivity contribution in [1.29, 1.82) is 0 Å². The summed E-state index contributed by atoms with van der Waals surface area (Å²) in [5.74, 6) is -0.915. The number of nitrogens with zero attached hydrogens (tertiary/aromatic N) is 1. The quantitative estimate of drug-likeness (QED) is 0.0147. The van der Waals surface area contributed by atoms with Gasteiger partial charge in [-0.25, -0.2) is 0 Å². The van der Waals surface area contributed by atoms with E-state index in [9.17, 15) is 19.0 Å². The number of esters is 2. The average Bonchev–Trinajstić information content (AvgIpc) is 3.97. The third-order valence-electron chi connectivity index (χ3n) is 10.4. The highest BCUT2D eigenvalue weighted by molar-refractivity contribution is 7.45. The standard InChI is InChI=1S/C50H88NO9P/c1-6-8-10-12-14-16-17-18-19-20-21-22-23-24-25-27-29-31-37-41-50(53)59-46(45-58-61(54,55)57-43-42-51(3,4)5)44-56-49(52)40-36-33-32-35-39-48-47(60-48)38-34-30-28-26-15-13-11-9-7-2/h14-16,18-19,26,30,32,34-35,46-48H,6-13,17,20-25,27-29,31,33,36-45H2,1-5H3/b16-14-,19-18-,26-15-,34-30-,35-32-/t46-,47?,48?/m1/s1. The van der Waals surface area contributed by atoms with Gasteiger partial charge in [-0.15, -0.1) is 0 Å². The van der Waals surface area contributed by atoms with E-state index in [4.69, 9.17) is 23.3 Å². The van der Waals surface area contributed by atoms with Crippen molar-refractivity contribution in [3.05, 3.63) is 60.8 Å². The Morgan fingerprint density at radius 3 is 1.61 bits per heavy atom. The van der Waals surface area contributed by atoms with Crippen LogP contribution in [0.4, 0.5) is 0 Å². The number of unbranched alkanes of at least 4 members (excludes halogenated alkanes) is 16. The first-order valence-electron chi connectivity index (χ1n) is 24.1. The summed E-state index contributed by atoms with van der Waals surface area (Å²) in [7, 11) is 1.12. The molecule has 1 saturated heterocycles. The van der Waals surface area contributed by atoms with Gasteiger partial charge in [0.15, 0.2) is 6.10 Å². The maximum absolute atomic E-state index is 12.7. The zero-order valence-electron chi connectivity index (χ0n) is 39.3. The van der Waals surface area contributed by atoms with Crippen LogP contribution in [0.5, 0.6) is 0 Å². The number of carbonyl (C=O) groups is 2. The number of phosphoric acid groups is 1. The van der Waals surface area contributed by atoms with Crippen LogP contribution in [0.3, 0.4) is 0 Å². The van der Waals surface area contributed by atoms with Gasteiger partial charge < -0.3 is 32.6 Å². The predicted molar refractivity (Wildman–Crippen MR) is 249 cm³/mol. The van der Waals surface area contributed by atoms with Crippen LogP contribution in [-0.4, -0.2) is 82.2 Å². The van der Waals surface area contributed by atoms with E-state index in [1.165, 1.54) is 77.0 Å². The molecular weight excluding hydrogens is 790 g/mol.